The smallest absolute Gasteiger partial charge is 0.345 e. The van der Waals surface area contributed by atoms with Crippen LogP contribution in [-0.2, 0) is 0 Å². The molecule has 0 spiro atoms. The SMILES string of the molecule is O=C(O)c1c(N2CCCCC2)oc(/C=C2\C=Nc3ncccc32)c1O. The molecular formula is C18H17N3O4. The Morgan fingerprint density at radius 2 is 2.08 bits per heavy atom. The predicted octanol–water partition coefficient (Wildman–Crippen LogP) is 3.33. The topological polar surface area (TPSA) is 99.2 Å². The third-order valence-corrected chi connectivity index (χ3v) is 4.46. The Labute approximate surface area is 143 Å². The number of aromatic nitrogens is 1. The number of nitrogens with zero attached hydrogens (tertiary/aromatic N) is 3. The molecule has 4 rings (SSSR count). The fourth-order valence-electron chi connectivity index (χ4n) is 3.22. The summed E-state index contributed by atoms with van der Waals surface area (Å²) in [6.07, 6.45) is 7.95. The molecule has 0 aliphatic carbocycles. The summed E-state index contributed by atoms with van der Waals surface area (Å²) in [5.41, 5.74) is 1.35. The summed E-state index contributed by atoms with van der Waals surface area (Å²) in [4.78, 5) is 21.9. The van der Waals surface area contributed by atoms with Gasteiger partial charge in [-0.05, 0) is 37.5 Å². The summed E-state index contributed by atoms with van der Waals surface area (Å²) in [7, 11) is 0. The second-order valence-electron chi connectivity index (χ2n) is 6.08. The summed E-state index contributed by atoms with van der Waals surface area (Å²) in [6, 6.07) is 3.66. The molecule has 7 nitrogen and oxygen atoms in total. The Balaban J connectivity index is 1.77. The molecule has 0 saturated carbocycles. The number of aromatic carboxylic acids is 1. The minimum absolute atomic E-state index is 0.121. The van der Waals surface area contributed by atoms with Crippen LogP contribution in [0.25, 0.3) is 11.6 Å². The van der Waals surface area contributed by atoms with Crippen LogP contribution in [0.5, 0.6) is 5.75 Å². The average Bonchev–Trinajstić information content (AvgIpc) is 3.18. The number of anilines is 1. The molecule has 25 heavy (non-hydrogen) atoms. The lowest BCUT2D eigenvalue weighted by molar-refractivity contribution is 0.0694. The number of carboxylic acids is 1. The largest absolute Gasteiger partial charge is 0.504 e. The molecule has 2 aromatic rings. The molecule has 0 aromatic carbocycles. The number of hydrogen-bond acceptors (Lipinski definition) is 6. The van der Waals surface area contributed by atoms with E-state index >= 15 is 0 Å². The van der Waals surface area contributed by atoms with E-state index in [4.69, 9.17) is 4.42 Å². The van der Waals surface area contributed by atoms with Crippen molar-refractivity contribution in [1.29, 1.82) is 0 Å². The van der Waals surface area contributed by atoms with E-state index in [2.05, 4.69) is 9.98 Å². The van der Waals surface area contributed by atoms with E-state index in [9.17, 15) is 15.0 Å². The lowest BCUT2D eigenvalue weighted by atomic mass is 10.1. The van der Waals surface area contributed by atoms with Crippen LogP contribution < -0.4 is 4.90 Å². The lowest BCUT2D eigenvalue weighted by Gasteiger charge is -2.26. The number of carboxylic acid groups (broad SMARTS) is 1. The molecule has 2 aromatic heterocycles. The molecule has 0 radical (unpaired) electrons. The Morgan fingerprint density at radius 3 is 2.84 bits per heavy atom. The minimum atomic E-state index is -1.20. The van der Waals surface area contributed by atoms with E-state index in [1.54, 1.807) is 24.6 Å². The van der Waals surface area contributed by atoms with Gasteiger partial charge in [0.2, 0.25) is 5.88 Å². The normalized spacial score (nSPS) is 17.9. The maximum absolute atomic E-state index is 11.6. The lowest BCUT2D eigenvalue weighted by Crippen LogP contribution is -2.30. The summed E-state index contributed by atoms with van der Waals surface area (Å²) in [5, 5.41) is 19.9. The van der Waals surface area contributed by atoms with Crippen LogP contribution in [0, 0.1) is 0 Å². The number of aromatic hydroxyl groups is 1. The molecule has 0 bridgehead atoms. The van der Waals surface area contributed by atoms with Crippen LogP contribution in [0.15, 0.2) is 27.7 Å². The summed E-state index contributed by atoms with van der Waals surface area (Å²) in [6.45, 7) is 1.44. The number of fused-ring (bicyclic) bond motifs is 1. The highest BCUT2D eigenvalue weighted by Crippen LogP contribution is 2.40. The van der Waals surface area contributed by atoms with Crippen LogP contribution in [0.3, 0.4) is 0 Å². The minimum Gasteiger partial charge on any atom is -0.504 e. The van der Waals surface area contributed by atoms with E-state index in [-0.39, 0.29) is 23.0 Å². The zero-order valence-electron chi connectivity index (χ0n) is 13.5. The quantitative estimate of drug-likeness (QED) is 0.890. The number of piperidine rings is 1. The fraction of sp³-hybridized carbons (Fsp3) is 0.278. The van der Waals surface area contributed by atoms with Gasteiger partial charge >= 0.3 is 5.97 Å². The Hall–Kier alpha value is -3.09. The Morgan fingerprint density at radius 1 is 1.28 bits per heavy atom. The van der Waals surface area contributed by atoms with Crippen LogP contribution in [0.4, 0.5) is 11.7 Å². The summed E-state index contributed by atoms with van der Waals surface area (Å²) in [5.74, 6) is -0.622. The summed E-state index contributed by atoms with van der Waals surface area (Å²) < 4.78 is 5.76. The molecule has 2 aliphatic rings. The van der Waals surface area contributed by atoms with Gasteiger partial charge in [0, 0.05) is 36.6 Å². The van der Waals surface area contributed by atoms with Crippen molar-refractivity contribution in [2.24, 2.45) is 4.99 Å². The van der Waals surface area contributed by atoms with Crippen molar-refractivity contribution in [3.63, 3.8) is 0 Å². The van der Waals surface area contributed by atoms with Crippen LogP contribution >= 0.6 is 0 Å². The van der Waals surface area contributed by atoms with Gasteiger partial charge in [-0.3, -0.25) is 0 Å². The van der Waals surface area contributed by atoms with Gasteiger partial charge in [-0.1, -0.05) is 0 Å². The number of furan rings is 1. The molecule has 2 N–H and O–H groups in total. The van der Waals surface area contributed by atoms with Gasteiger partial charge in [-0.15, -0.1) is 0 Å². The standard InChI is InChI=1S/C18H17N3O4/c22-15-13(9-11-10-20-16-12(11)5-4-6-19-16)25-17(14(15)18(23)24)21-7-2-1-3-8-21/h4-6,9-10,22H,1-3,7-8H2,(H,23,24)/b11-9+. The van der Waals surface area contributed by atoms with E-state index in [0.29, 0.717) is 11.4 Å². The van der Waals surface area contributed by atoms with Gasteiger partial charge in [0.05, 0.1) is 0 Å². The first-order valence-electron chi connectivity index (χ1n) is 8.20. The molecule has 2 aliphatic heterocycles. The van der Waals surface area contributed by atoms with E-state index in [1.165, 1.54) is 0 Å². The maximum Gasteiger partial charge on any atom is 0.345 e. The number of carbonyl (C=O) groups is 1. The first-order valence-corrected chi connectivity index (χ1v) is 8.20. The molecule has 128 valence electrons. The van der Waals surface area contributed by atoms with Gasteiger partial charge in [0.15, 0.2) is 22.9 Å². The second kappa shape index (κ2) is 6.08. The van der Waals surface area contributed by atoms with Crippen molar-refractivity contribution in [1.82, 2.24) is 4.98 Å². The average molecular weight is 339 g/mol. The van der Waals surface area contributed by atoms with E-state index < -0.39 is 5.97 Å². The van der Waals surface area contributed by atoms with Crippen molar-refractivity contribution in [3.8, 4) is 5.75 Å². The maximum atomic E-state index is 11.6. The highest BCUT2D eigenvalue weighted by molar-refractivity contribution is 6.21. The first-order chi connectivity index (χ1) is 12.1. The third-order valence-electron chi connectivity index (χ3n) is 4.46. The number of aliphatic imine (C=N–C) groups is 1. The highest BCUT2D eigenvalue weighted by Gasteiger charge is 2.29. The molecule has 7 heteroatoms. The third kappa shape index (κ3) is 2.67. The molecule has 0 amide bonds. The fourth-order valence-corrected chi connectivity index (χ4v) is 3.22. The van der Waals surface area contributed by atoms with Crippen molar-refractivity contribution in [3.05, 3.63) is 35.2 Å². The van der Waals surface area contributed by atoms with Gasteiger partial charge in [0.1, 0.15) is 0 Å². The van der Waals surface area contributed by atoms with E-state index in [0.717, 1.165) is 37.9 Å². The highest BCUT2D eigenvalue weighted by atomic mass is 16.4. The number of allylic oxidation sites excluding steroid dienone is 1. The van der Waals surface area contributed by atoms with Crippen LogP contribution in [-0.4, -0.2) is 40.5 Å². The molecule has 0 unspecified atom stereocenters. The molecule has 1 fully saturated rings. The van der Waals surface area contributed by atoms with Crippen molar-refractivity contribution in [2.75, 3.05) is 18.0 Å². The summed E-state index contributed by atoms with van der Waals surface area (Å²) >= 11 is 0. The predicted molar refractivity (Wildman–Crippen MR) is 93.7 cm³/mol. The van der Waals surface area contributed by atoms with Gasteiger partial charge in [-0.25, -0.2) is 14.8 Å². The first kappa shape index (κ1) is 15.4. The Bertz CT molecular complexity index is 892. The van der Waals surface area contributed by atoms with Gasteiger partial charge < -0.3 is 19.5 Å². The number of rotatable bonds is 3. The van der Waals surface area contributed by atoms with Crippen LogP contribution in [0.1, 0.15) is 40.9 Å². The zero-order chi connectivity index (χ0) is 17.4. The Kier molecular flexibility index (Phi) is 3.76. The van der Waals surface area contributed by atoms with Gasteiger partial charge in [-0.2, -0.15) is 0 Å². The molecule has 0 atom stereocenters. The monoisotopic (exact) mass is 339 g/mol. The van der Waals surface area contributed by atoms with Gasteiger partial charge in [0.25, 0.3) is 0 Å². The molecule has 1 saturated heterocycles. The number of pyridine rings is 1. The number of hydrogen-bond donors (Lipinski definition) is 2. The van der Waals surface area contributed by atoms with Crippen molar-refractivity contribution < 1.29 is 19.4 Å². The molecule has 4 heterocycles. The van der Waals surface area contributed by atoms with E-state index in [1.807, 2.05) is 11.0 Å². The zero-order valence-corrected chi connectivity index (χ0v) is 13.5. The molecular weight excluding hydrogens is 322 g/mol. The van der Waals surface area contributed by atoms with Crippen molar-refractivity contribution in [2.45, 2.75) is 19.3 Å². The van der Waals surface area contributed by atoms with Crippen LogP contribution in [0.2, 0.25) is 0 Å². The second-order valence-corrected chi connectivity index (χ2v) is 6.08. The van der Waals surface area contributed by atoms with Crippen molar-refractivity contribution >= 4 is 35.5 Å².